The molecular formula is C21H20ClN3O2. The number of carbonyl (C=O) groups excluding carboxylic acids is 1. The lowest BCUT2D eigenvalue weighted by Crippen LogP contribution is -2.30. The van der Waals surface area contributed by atoms with Crippen molar-refractivity contribution in [3.63, 3.8) is 0 Å². The van der Waals surface area contributed by atoms with Crippen molar-refractivity contribution in [3.8, 4) is 5.75 Å². The Labute approximate surface area is 163 Å². The van der Waals surface area contributed by atoms with E-state index in [2.05, 4.69) is 15.6 Å². The fourth-order valence-electron chi connectivity index (χ4n) is 2.47. The molecule has 0 saturated carbocycles. The van der Waals surface area contributed by atoms with Crippen molar-refractivity contribution in [3.05, 3.63) is 89.2 Å². The number of hydrogen-bond acceptors (Lipinski definition) is 3. The molecule has 3 aromatic rings. The van der Waals surface area contributed by atoms with Crippen LogP contribution in [0.15, 0.2) is 72.9 Å². The van der Waals surface area contributed by atoms with E-state index in [0.717, 1.165) is 12.1 Å². The lowest BCUT2D eigenvalue weighted by atomic mass is 10.1. The summed E-state index contributed by atoms with van der Waals surface area (Å²) in [4.78, 5) is 16.2. The molecule has 0 radical (unpaired) electrons. The lowest BCUT2D eigenvalue weighted by molar-refractivity contribution is 0.252. The van der Waals surface area contributed by atoms with Crippen LogP contribution < -0.4 is 15.4 Å². The minimum atomic E-state index is -0.274. The third kappa shape index (κ3) is 6.01. The van der Waals surface area contributed by atoms with E-state index in [0.29, 0.717) is 29.6 Å². The third-order valence-corrected chi connectivity index (χ3v) is 4.13. The van der Waals surface area contributed by atoms with Gasteiger partial charge in [0.25, 0.3) is 0 Å². The summed E-state index contributed by atoms with van der Waals surface area (Å²) < 4.78 is 5.67. The number of pyridine rings is 1. The first-order chi connectivity index (χ1) is 13.2. The van der Waals surface area contributed by atoms with Gasteiger partial charge in [-0.2, -0.15) is 0 Å². The van der Waals surface area contributed by atoms with Gasteiger partial charge >= 0.3 is 6.03 Å². The zero-order chi connectivity index (χ0) is 18.9. The summed E-state index contributed by atoms with van der Waals surface area (Å²) >= 11 is 6.25. The molecule has 0 aliphatic rings. The van der Waals surface area contributed by atoms with Crippen molar-refractivity contribution in [2.45, 2.75) is 13.0 Å². The van der Waals surface area contributed by atoms with Gasteiger partial charge in [0.15, 0.2) is 0 Å². The number of rotatable bonds is 7. The summed E-state index contributed by atoms with van der Waals surface area (Å²) in [5.74, 6) is 0.539. The SMILES string of the molecule is O=C(NCCc1ccccc1)Nc1ccc(OCc2ccccn2)c(Cl)c1. The van der Waals surface area contributed by atoms with Gasteiger partial charge in [-0.05, 0) is 42.3 Å². The van der Waals surface area contributed by atoms with Crippen molar-refractivity contribution in [2.75, 3.05) is 11.9 Å². The predicted octanol–water partition coefficient (Wildman–Crippen LogP) is 4.68. The van der Waals surface area contributed by atoms with Crippen molar-refractivity contribution in [2.24, 2.45) is 0 Å². The summed E-state index contributed by atoms with van der Waals surface area (Å²) in [5.41, 5.74) is 2.59. The minimum absolute atomic E-state index is 0.274. The van der Waals surface area contributed by atoms with Crippen LogP contribution in [0.1, 0.15) is 11.3 Å². The van der Waals surface area contributed by atoms with Crippen LogP contribution >= 0.6 is 11.6 Å². The number of aromatic nitrogens is 1. The molecule has 2 aromatic carbocycles. The molecule has 0 saturated heterocycles. The molecule has 2 amide bonds. The highest BCUT2D eigenvalue weighted by molar-refractivity contribution is 6.32. The molecule has 138 valence electrons. The Morgan fingerprint density at radius 3 is 2.59 bits per heavy atom. The molecule has 0 aliphatic carbocycles. The number of ether oxygens (including phenoxy) is 1. The molecule has 6 heteroatoms. The average Bonchev–Trinajstić information content (AvgIpc) is 2.69. The number of benzene rings is 2. The van der Waals surface area contributed by atoms with Crippen LogP contribution in [0.4, 0.5) is 10.5 Å². The Bertz CT molecular complexity index is 873. The molecule has 0 fully saturated rings. The van der Waals surface area contributed by atoms with Crippen LogP contribution in [0.3, 0.4) is 0 Å². The van der Waals surface area contributed by atoms with Gasteiger partial charge in [-0.25, -0.2) is 4.79 Å². The minimum Gasteiger partial charge on any atom is -0.486 e. The molecule has 3 rings (SSSR count). The van der Waals surface area contributed by atoms with Gasteiger partial charge in [-0.1, -0.05) is 48.0 Å². The normalized spacial score (nSPS) is 10.3. The second-order valence-electron chi connectivity index (χ2n) is 5.87. The predicted molar refractivity (Wildman–Crippen MR) is 107 cm³/mol. The number of nitrogens with one attached hydrogen (secondary N) is 2. The van der Waals surface area contributed by atoms with Crippen LogP contribution in [0.25, 0.3) is 0 Å². The molecule has 5 nitrogen and oxygen atoms in total. The fourth-order valence-corrected chi connectivity index (χ4v) is 2.71. The monoisotopic (exact) mass is 381 g/mol. The van der Waals surface area contributed by atoms with Crippen molar-refractivity contribution in [1.29, 1.82) is 0 Å². The van der Waals surface area contributed by atoms with E-state index in [9.17, 15) is 4.79 Å². The van der Waals surface area contributed by atoms with E-state index in [4.69, 9.17) is 16.3 Å². The molecular weight excluding hydrogens is 362 g/mol. The zero-order valence-corrected chi connectivity index (χ0v) is 15.4. The Kier molecular flexibility index (Phi) is 6.66. The second kappa shape index (κ2) is 9.59. The maximum absolute atomic E-state index is 12.0. The highest BCUT2D eigenvalue weighted by Gasteiger charge is 2.07. The van der Waals surface area contributed by atoms with Gasteiger partial charge in [0.1, 0.15) is 12.4 Å². The van der Waals surface area contributed by atoms with Crippen LogP contribution in [0.2, 0.25) is 5.02 Å². The van der Waals surface area contributed by atoms with Gasteiger partial charge in [0.2, 0.25) is 0 Å². The van der Waals surface area contributed by atoms with Crippen LogP contribution in [-0.4, -0.2) is 17.6 Å². The summed E-state index contributed by atoms with van der Waals surface area (Å²) in [5, 5.41) is 6.02. The number of urea groups is 1. The van der Waals surface area contributed by atoms with E-state index >= 15 is 0 Å². The number of halogens is 1. The molecule has 1 aromatic heterocycles. The van der Waals surface area contributed by atoms with E-state index in [1.54, 1.807) is 24.4 Å². The Hall–Kier alpha value is -3.05. The van der Waals surface area contributed by atoms with Crippen molar-refractivity contribution in [1.82, 2.24) is 10.3 Å². The Balaban J connectivity index is 1.47. The standard InChI is InChI=1S/C21H20ClN3O2/c22-19-14-17(9-10-20(19)27-15-18-8-4-5-12-23-18)25-21(26)24-13-11-16-6-2-1-3-7-16/h1-10,12,14H,11,13,15H2,(H2,24,25,26). The van der Waals surface area contributed by atoms with Gasteiger partial charge < -0.3 is 15.4 Å². The van der Waals surface area contributed by atoms with Gasteiger partial charge in [0, 0.05) is 18.4 Å². The summed E-state index contributed by atoms with van der Waals surface area (Å²) in [6, 6.07) is 20.5. The van der Waals surface area contributed by atoms with Crippen LogP contribution in [-0.2, 0) is 13.0 Å². The van der Waals surface area contributed by atoms with E-state index in [1.807, 2.05) is 48.5 Å². The van der Waals surface area contributed by atoms with E-state index in [-0.39, 0.29) is 6.03 Å². The molecule has 0 aliphatic heterocycles. The average molecular weight is 382 g/mol. The molecule has 0 unspecified atom stereocenters. The van der Waals surface area contributed by atoms with Gasteiger partial charge in [0.05, 0.1) is 10.7 Å². The first-order valence-corrected chi connectivity index (χ1v) is 8.99. The number of nitrogens with zero attached hydrogens (tertiary/aromatic N) is 1. The maximum Gasteiger partial charge on any atom is 0.319 e. The number of amides is 2. The third-order valence-electron chi connectivity index (χ3n) is 3.83. The Morgan fingerprint density at radius 2 is 1.85 bits per heavy atom. The molecule has 0 atom stereocenters. The Morgan fingerprint density at radius 1 is 1.04 bits per heavy atom. The highest BCUT2D eigenvalue weighted by Crippen LogP contribution is 2.28. The molecule has 0 spiro atoms. The number of anilines is 1. The maximum atomic E-state index is 12.0. The lowest BCUT2D eigenvalue weighted by Gasteiger charge is -2.11. The van der Waals surface area contributed by atoms with E-state index < -0.39 is 0 Å². The smallest absolute Gasteiger partial charge is 0.319 e. The zero-order valence-electron chi connectivity index (χ0n) is 14.7. The molecule has 0 bridgehead atoms. The van der Waals surface area contributed by atoms with Crippen molar-refractivity contribution >= 4 is 23.3 Å². The quantitative estimate of drug-likeness (QED) is 0.624. The molecule has 2 N–H and O–H groups in total. The van der Waals surface area contributed by atoms with Crippen LogP contribution in [0, 0.1) is 0 Å². The summed E-state index contributed by atoms with van der Waals surface area (Å²) in [6.07, 6.45) is 2.49. The highest BCUT2D eigenvalue weighted by atomic mass is 35.5. The first kappa shape index (κ1) is 18.7. The fraction of sp³-hybridized carbons (Fsp3) is 0.143. The van der Waals surface area contributed by atoms with Gasteiger partial charge in [-0.15, -0.1) is 0 Å². The van der Waals surface area contributed by atoms with Crippen LogP contribution in [0.5, 0.6) is 5.75 Å². The van der Waals surface area contributed by atoms with Crippen molar-refractivity contribution < 1.29 is 9.53 Å². The largest absolute Gasteiger partial charge is 0.486 e. The summed E-state index contributed by atoms with van der Waals surface area (Å²) in [6.45, 7) is 0.877. The number of hydrogen-bond donors (Lipinski definition) is 2. The first-order valence-electron chi connectivity index (χ1n) is 8.62. The number of carbonyl (C=O) groups is 1. The van der Waals surface area contributed by atoms with Gasteiger partial charge in [-0.3, -0.25) is 4.98 Å². The topological polar surface area (TPSA) is 63.2 Å². The van der Waals surface area contributed by atoms with E-state index in [1.165, 1.54) is 5.56 Å². The second-order valence-corrected chi connectivity index (χ2v) is 6.28. The summed E-state index contributed by atoms with van der Waals surface area (Å²) in [7, 11) is 0. The molecule has 27 heavy (non-hydrogen) atoms. The molecule has 1 heterocycles.